The van der Waals surface area contributed by atoms with Gasteiger partial charge in [0.1, 0.15) is 0 Å². The summed E-state index contributed by atoms with van der Waals surface area (Å²) < 4.78 is 0. The van der Waals surface area contributed by atoms with Crippen LogP contribution in [-0.2, 0) is 0 Å². The summed E-state index contributed by atoms with van der Waals surface area (Å²) in [5.41, 5.74) is 0. The van der Waals surface area contributed by atoms with E-state index in [1.165, 1.54) is 25.7 Å². The molecule has 1 unspecified atom stereocenters. The van der Waals surface area contributed by atoms with E-state index < -0.39 is 0 Å². The summed E-state index contributed by atoms with van der Waals surface area (Å²) in [6, 6.07) is 1.85. The molecule has 2 aliphatic heterocycles. The standard InChI is InChI=1S/C11H21N/c1-8(2)9-6-10-4-5-11(7-9)12(10)3/h8-11H,4-7H2,1-3H3/t9?,10-,11+. The summed E-state index contributed by atoms with van der Waals surface area (Å²) >= 11 is 0. The minimum Gasteiger partial charge on any atom is -0.300 e. The molecule has 0 aliphatic carbocycles. The van der Waals surface area contributed by atoms with E-state index in [9.17, 15) is 0 Å². The van der Waals surface area contributed by atoms with E-state index in [0.29, 0.717) is 0 Å². The third kappa shape index (κ3) is 1.28. The zero-order valence-corrected chi connectivity index (χ0v) is 8.59. The molecule has 0 N–H and O–H groups in total. The van der Waals surface area contributed by atoms with Crippen molar-refractivity contribution in [3.8, 4) is 0 Å². The van der Waals surface area contributed by atoms with E-state index in [0.717, 1.165) is 23.9 Å². The van der Waals surface area contributed by atoms with Crippen LogP contribution in [0.4, 0.5) is 0 Å². The van der Waals surface area contributed by atoms with Gasteiger partial charge >= 0.3 is 0 Å². The SMILES string of the molecule is CC(C)C1C[C@H]2CC[C@@H](C1)N2C. The molecule has 2 heterocycles. The predicted octanol–water partition coefficient (Wildman–Crippen LogP) is 2.52. The minimum atomic E-state index is 0.904. The van der Waals surface area contributed by atoms with Crippen LogP contribution in [-0.4, -0.2) is 24.0 Å². The van der Waals surface area contributed by atoms with E-state index >= 15 is 0 Å². The molecule has 0 amide bonds. The quantitative estimate of drug-likeness (QED) is 0.580. The largest absolute Gasteiger partial charge is 0.300 e. The van der Waals surface area contributed by atoms with E-state index in [2.05, 4.69) is 25.8 Å². The van der Waals surface area contributed by atoms with Crippen molar-refractivity contribution in [3.05, 3.63) is 0 Å². The molecule has 2 fully saturated rings. The van der Waals surface area contributed by atoms with E-state index in [-0.39, 0.29) is 0 Å². The Morgan fingerprint density at radius 2 is 1.58 bits per heavy atom. The van der Waals surface area contributed by atoms with Crippen molar-refractivity contribution in [1.29, 1.82) is 0 Å². The van der Waals surface area contributed by atoms with Crippen molar-refractivity contribution in [1.82, 2.24) is 4.90 Å². The van der Waals surface area contributed by atoms with Gasteiger partial charge in [-0.2, -0.15) is 0 Å². The van der Waals surface area contributed by atoms with Crippen LogP contribution >= 0.6 is 0 Å². The zero-order valence-electron chi connectivity index (χ0n) is 8.59. The lowest BCUT2D eigenvalue weighted by molar-refractivity contribution is 0.111. The maximum Gasteiger partial charge on any atom is 0.00984 e. The number of hydrogen-bond donors (Lipinski definition) is 0. The maximum absolute atomic E-state index is 2.62. The van der Waals surface area contributed by atoms with Crippen molar-refractivity contribution < 1.29 is 0 Å². The molecular weight excluding hydrogens is 146 g/mol. The predicted molar refractivity (Wildman–Crippen MR) is 52.1 cm³/mol. The summed E-state index contributed by atoms with van der Waals surface area (Å²) in [4.78, 5) is 2.62. The van der Waals surface area contributed by atoms with Gasteiger partial charge in [0.2, 0.25) is 0 Å². The van der Waals surface area contributed by atoms with Crippen molar-refractivity contribution in [3.63, 3.8) is 0 Å². The Morgan fingerprint density at radius 3 is 2.00 bits per heavy atom. The molecule has 1 heteroatoms. The van der Waals surface area contributed by atoms with Crippen LogP contribution in [0.25, 0.3) is 0 Å². The lowest BCUT2D eigenvalue weighted by Crippen LogP contribution is -2.41. The van der Waals surface area contributed by atoms with Crippen LogP contribution < -0.4 is 0 Å². The molecule has 2 bridgehead atoms. The summed E-state index contributed by atoms with van der Waals surface area (Å²) in [6.45, 7) is 4.77. The second-order valence-electron chi connectivity index (χ2n) is 5.03. The highest BCUT2D eigenvalue weighted by molar-refractivity contribution is 4.93. The topological polar surface area (TPSA) is 3.24 Å². The van der Waals surface area contributed by atoms with Crippen LogP contribution in [0, 0.1) is 11.8 Å². The molecular formula is C11H21N. The lowest BCUT2D eigenvalue weighted by Gasteiger charge is -2.38. The number of piperidine rings is 1. The maximum atomic E-state index is 2.62. The molecule has 0 aromatic rings. The van der Waals surface area contributed by atoms with Crippen LogP contribution in [0.1, 0.15) is 39.5 Å². The molecule has 2 saturated heterocycles. The van der Waals surface area contributed by atoms with Crippen LogP contribution in [0.5, 0.6) is 0 Å². The first-order valence-electron chi connectivity index (χ1n) is 5.40. The summed E-state index contributed by atoms with van der Waals surface area (Å²) in [6.07, 6.45) is 5.85. The van der Waals surface area contributed by atoms with Gasteiger partial charge in [0.25, 0.3) is 0 Å². The first kappa shape index (κ1) is 8.55. The molecule has 0 aromatic heterocycles. The van der Waals surface area contributed by atoms with Gasteiger partial charge in [0.05, 0.1) is 0 Å². The molecule has 1 nitrogen and oxygen atoms in total. The van der Waals surface area contributed by atoms with Gasteiger partial charge in [-0.25, -0.2) is 0 Å². The Balaban J connectivity index is 2.02. The summed E-state index contributed by atoms with van der Waals surface area (Å²) in [7, 11) is 2.32. The normalized spacial score (nSPS) is 42.5. The Hall–Kier alpha value is -0.0400. The molecule has 12 heavy (non-hydrogen) atoms. The smallest absolute Gasteiger partial charge is 0.00984 e. The summed E-state index contributed by atoms with van der Waals surface area (Å²) in [5.74, 6) is 1.92. The van der Waals surface area contributed by atoms with Gasteiger partial charge in [-0.15, -0.1) is 0 Å². The first-order valence-corrected chi connectivity index (χ1v) is 5.40. The van der Waals surface area contributed by atoms with Gasteiger partial charge in [0, 0.05) is 12.1 Å². The highest BCUT2D eigenvalue weighted by Crippen LogP contribution is 2.39. The third-order valence-corrected chi connectivity index (χ3v) is 4.08. The Bertz CT molecular complexity index is 150. The number of hydrogen-bond acceptors (Lipinski definition) is 1. The second-order valence-corrected chi connectivity index (χ2v) is 5.03. The lowest BCUT2D eigenvalue weighted by atomic mass is 9.83. The van der Waals surface area contributed by atoms with Gasteiger partial charge in [0.15, 0.2) is 0 Å². The molecule has 0 radical (unpaired) electrons. The number of fused-ring (bicyclic) bond motifs is 2. The van der Waals surface area contributed by atoms with Crippen molar-refractivity contribution in [2.75, 3.05) is 7.05 Å². The molecule has 0 spiro atoms. The van der Waals surface area contributed by atoms with Crippen molar-refractivity contribution in [2.24, 2.45) is 11.8 Å². The van der Waals surface area contributed by atoms with Crippen LogP contribution in [0.2, 0.25) is 0 Å². The van der Waals surface area contributed by atoms with E-state index in [4.69, 9.17) is 0 Å². The average Bonchev–Trinajstić information content (AvgIpc) is 2.30. The van der Waals surface area contributed by atoms with Crippen molar-refractivity contribution in [2.45, 2.75) is 51.6 Å². The number of nitrogens with zero attached hydrogens (tertiary/aromatic N) is 1. The van der Waals surface area contributed by atoms with Gasteiger partial charge < -0.3 is 4.90 Å². The molecule has 2 rings (SSSR count). The first-order chi connectivity index (χ1) is 5.68. The molecule has 0 aromatic carbocycles. The molecule has 3 atom stereocenters. The monoisotopic (exact) mass is 167 g/mol. The Labute approximate surface area is 76.1 Å². The Morgan fingerprint density at radius 1 is 1.08 bits per heavy atom. The third-order valence-electron chi connectivity index (χ3n) is 4.08. The molecule has 0 saturated carbocycles. The van der Waals surface area contributed by atoms with Gasteiger partial charge in [-0.05, 0) is 44.6 Å². The number of rotatable bonds is 1. The Kier molecular flexibility index (Phi) is 2.16. The van der Waals surface area contributed by atoms with Crippen molar-refractivity contribution >= 4 is 0 Å². The second kappa shape index (κ2) is 3.02. The highest BCUT2D eigenvalue weighted by atomic mass is 15.2. The van der Waals surface area contributed by atoms with Gasteiger partial charge in [-0.3, -0.25) is 0 Å². The zero-order chi connectivity index (χ0) is 8.72. The molecule has 2 aliphatic rings. The molecule has 70 valence electrons. The fourth-order valence-electron chi connectivity index (χ4n) is 3.00. The highest BCUT2D eigenvalue weighted by Gasteiger charge is 2.38. The average molecular weight is 167 g/mol. The minimum absolute atomic E-state index is 0.904. The fraction of sp³-hybridized carbons (Fsp3) is 1.00. The fourth-order valence-corrected chi connectivity index (χ4v) is 3.00. The van der Waals surface area contributed by atoms with E-state index in [1.807, 2.05) is 0 Å². The van der Waals surface area contributed by atoms with Crippen LogP contribution in [0.3, 0.4) is 0 Å². The van der Waals surface area contributed by atoms with Crippen LogP contribution in [0.15, 0.2) is 0 Å². The van der Waals surface area contributed by atoms with Gasteiger partial charge in [-0.1, -0.05) is 13.8 Å². The van der Waals surface area contributed by atoms with E-state index in [1.54, 1.807) is 0 Å². The summed E-state index contributed by atoms with van der Waals surface area (Å²) in [5, 5.41) is 0.